The summed E-state index contributed by atoms with van der Waals surface area (Å²) in [6, 6.07) is 12.4. The number of anilines is 2. The molecular weight excluding hydrogens is 496 g/mol. The number of hydrogen-bond acceptors (Lipinski definition) is 5. The minimum Gasteiger partial charge on any atom is -0.402 e. The molecule has 0 saturated carbocycles. The van der Waals surface area contributed by atoms with Gasteiger partial charge in [-0.05, 0) is 52.6 Å². The average molecular weight is 524 g/mol. The molecule has 2 aromatic carbocycles. The number of imidazole rings is 1. The van der Waals surface area contributed by atoms with Crippen LogP contribution in [0.2, 0.25) is 0 Å². The quantitative estimate of drug-likeness (QED) is 0.273. The van der Waals surface area contributed by atoms with E-state index >= 15 is 0 Å². The summed E-state index contributed by atoms with van der Waals surface area (Å²) in [6.45, 7) is 0. The summed E-state index contributed by atoms with van der Waals surface area (Å²) in [6.07, 6.45) is 4.06. The number of carbonyl (C=O) groups excluding carboxylic acids is 1. The molecule has 1 amide bonds. The molecule has 0 atom stereocenters. The van der Waals surface area contributed by atoms with Crippen molar-refractivity contribution in [3.8, 4) is 22.5 Å². The molecule has 2 aliphatic heterocycles. The van der Waals surface area contributed by atoms with Crippen molar-refractivity contribution in [2.24, 2.45) is 0 Å². The Kier molecular flexibility index (Phi) is 5.80. The van der Waals surface area contributed by atoms with Gasteiger partial charge in [-0.15, -0.1) is 0 Å². The Hall–Kier alpha value is -3.26. The summed E-state index contributed by atoms with van der Waals surface area (Å²) >= 11 is 0. The number of ether oxygens (including phenoxy) is 1. The lowest BCUT2D eigenvalue weighted by molar-refractivity contribution is -0.115. The van der Waals surface area contributed by atoms with Gasteiger partial charge >= 0.3 is 0 Å². The number of benzene rings is 2. The molecular formula is C24H28B8FN5O2. The predicted octanol–water partition coefficient (Wildman–Crippen LogP) is -4.79. The standard InChI is InChI=1S/C24H28B8FN5O2/c25-21(26)23(29,30)40-24(31,32)22(27,28)38(21)19-20-36-17(11-1-4-14(33)5-2-11)18(37(20)8-7-34-19)12-3-6-15-13(9-12)10-16(39)35-15/h1-9H,10,25-32H2,(H,35,39). The molecule has 1 saturated heterocycles. The van der Waals surface area contributed by atoms with Gasteiger partial charge in [-0.1, -0.05) is 6.07 Å². The van der Waals surface area contributed by atoms with Crippen LogP contribution in [0.3, 0.4) is 0 Å². The van der Waals surface area contributed by atoms with Crippen LogP contribution in [0.15, 0.2) is 54.9 Å². The number of fused-ring (bicyclic) bond motifs is 2. The second kappa shape index (κ2) is 8.62. The number of halogens is 1. The molecule has 4 heterocycles. The minimum atomic E-state index is -0.505. The van der Waals surface area contributed by atoms with Crippen molar-refractivity contribution < 1.29 is 13.9 Å². The SMILES string of the molecule is BC1(B)OC(B)(B)C(B)(B)N(c2nccn3c(-c4ccc5c(c4)CC(=O)N5)c(-c4ccc(F)cc4)nc23)C1(B)B. The van der Waals surface area contributed by atoms with Gasteiger partial charge in [-0.2, -0.15) is 0 Å². The number of carbonyl (C=O) groups is 1. The van der Waals surface area contributed by atoms with E-state index in [-0.39, 0.29) is 11.7 Å². The summed E-state index contributed by atoms with van der Waals surface area (Å²) < 4.78 is 22.7. The van der Waals surface area contributed by atoms with Gasteiger partial charge in [0.05, 0.1) is 17.8 Å². The summed E-state index contributed by atoms with van der Waals surface area (Å²) in [7, 11) is 17.2. The maximum Gasteiger partial charge on any atom is 0.228 e. The fourth-order valence-corrected chi connectivity index (χ4v) is 6.24. The van der Waals surface area contributed by atoms with Crippen LogP contribution >= 0.6 is 0 Å². The number of morpholine rings is 1. The van der Waals surface area contributed by atoms with E-state index < -0.39 is 21.5 Å². The van der Waals surface area contributed by atoms with Crippen LogP contribution in [0.25, 0.3) is 28.2 Å². The highest BCUT2D eigenvalue weighted by atomic mass is 19.1. The van der Waals surface area contributed by atoms with E-state index in [1.54, 1.807) is 12.1 Å². The van der Waals surface area contributed by atoms with Crippen LogP contribution < -0.4 is 10.2 Å². The molecule has 1 N–H and O–H groups in total. The molecule has 0 bridgehead atoms. The molecule has 7 nitrogen and oxygen atoms in total. The number of hydrogen-bond donors (Lipinski definition) is 1. The van der Waals surface area contributed by atoms with Gasteiger partial charge in [0, 0.05) is 40.0 Å². The molecule has 0 unspecified atom stereocenters. The van der Waals surface area contributed by atoms with E-state index in [1.807, 2.05) is 30.6 Å². The fourth-order valence-electron chi connectivity index (χ4n) is 6.24. The first-order chi connectivity index (χ1) is 18.6. The molecule has 0 aliphatic carbocycles. The van der Waals surface area contributed by atoms with Crippen LogP contribution in [0.4, 0.5) is 15.9 Å². The lowest BCUT2D eigenvalue weighted by Crippen LogP contribution is -2.86. The van der Waals surface area contributed by atoms with Crippen LogP contribution in [0.1, 0.15) is 5.56 Å². The molecule has 4 aromatic rings. The minimum absolute atomic E-state index is 0.0162. The first-order valence-electron chi connectivity index (χ1n) is 13.7. The zero-order chi connectivity index (χ0) is 28.8. The van der Waals surface area contributed by atoms with E-state index in [0.717, 1.165) is 33.9 Å². The topological polar surface area (TPSA) is 71.8 Å². The third kappa shape index (κ3) is 3.82. The van der Waals surface area contributed by atoms with Gasteiger partial charge in [0.2, 0.25) is 5.91 Å². The Labute approximate surface area is 240 Å². The van der Waals surface area contributed by atoms with Crippen LogP contribution in [0, 0.1) is 5.82 Å². The Morgan fingerprint density at radius 3 is 2.17 bits per heavy atom. The molecule has 2 aromatic heterocycles. The highest BCUT2D eigenvalue weighted by molar-refractivity contribution is 6.61. The molecule has 1 fully saturated rings. The van der Waals surface area contributed by atoms with Gasteiger partial charge in [-0.3, -0.25) is 9.20 Å². The van der Waals surface area contributed by atoms with E-state index in [1.165, 1.54) is 12.1 Å². The van der Waals surface area contributed by atoms with Gasteiger partial charge in [0.1, 0.15) is 68.6 Å². The van der Waals surface area contributed by atoms with Gasteiger partial charge in [0.25, 0.3) is 0 Å². The van der Waals surface area contributed by atoms with Gasteiger partial charge < -0.3 is 15.0 Å². The smallest absolute Gasteiger partial charge is 0.228 e. The molecule has 16 heteroatoms. The third-order valence-electron chi connectivity index (χ3n) is 9.43. The molecule has 2 aliphatic rings. The Bertz CT molecular complexity index is 1670. The Morgan fingerprint density at radius 2 is 1.52 bits per heavy atom. The number of nitrogens with one attached hydrogen (secondary N) is 1. The molecule has 0 radical (unpaired) electrons. The predicted molar refractivity (Wildman–Crippen MR) is 179 cm³/mol. The van der Waals surface area contributed by atoms with Crippen molar-refractivity contribution in [3.63, 3.8) is 0 Å². The van der Waals surface area contributed by atoms with Crippen molar-refractivity contribution in [1.82, 2.24) is 14.4 Å². The lowest BCUT2D eigenvalue weighted by atomic mass is 9.30. The number of rotatable bonds is 3. The fraction of sp³-hybridized carbons (Fsp3) is 0.208. The monoisotopic (exact) mass is 525 g/mol. The van der Waals surface area contributed by atoms with E-state index in [0.29, 0.717) is 17.8 Å². The highest BCUT2D eigenvalue weighted by Gasteiger charge is 2.59. The van der Waals surface area contributed by atoms with Crippen LogP contribution in [-0.2, 0) is 16.0 Å². The average Bonchev–Trinajstić information content (AvgIpc) is 3.42. The van der Waals surface area contributed by atoms with Gasteiger partial charge in [0.15, 0.2) is 11.5 Å². The number of nitrogens with zero attached hydrogens (tertiary/aromatic N) is 4. The summed E-state index contributed by atoms with van der Waals surface area (Å²) in [5.41, 5.74) is 5.75. The first kappa shape index (κ1) is 26.9. The van der Waals surface area contributed by atoms with Crippen molar-refractivity contribution in [2.45, 2.75) is 27.9 Å². The molecule has 192 valence electrons. The maximum absolute atomic E-state index is 13.9. The van der Waals surface area contributed by atoms with E-state index in [2.05, 4.69) is 77.4 Å². The van der Waals surface area contributed by atoms with E-state index in [4.69, 9.17) is 14.7 Å². The highest BCUT2D eigenvalue weighted by Crippen LogP contribution is 2.45. The summed E-state index contributed by atoms with van der Waals surface area (Å²) in [4.78, 5) is 24.6. The maximum atomic E-state index is 13.9. The zero-order valence-electron chi connectivity index (χ0n) is 24.4. The van der Waals surface area contributed by atoms with Crippen molar-refractivity contribution in [2.75, 3.05) is 10.2 Å². The van der Waals surface area contributed by atoms with Crippen LogP contribution in [0.5, 0.6) is 0 Å². The summed E-state index contributed by atoms with van der Waals surface area (Å²) in [5.74, 6) is 0.423. The van der Waals surface area contributed by atoms with Crippen LogP contribution in [-0.4, -0.2) is 105 Å². The number of amides is 1. The second-order valence-corrected chi connectivity index (χ2v) is 12.9. The lowest BCUT2D eigenvalue weighted by Gasteiger charge is -2.69. The zero-order valence-corrected chi connectivity index (χ0v) is 24.4. The number of aromatic nitrogens is 3. The van der Waals surface area contributed by atoms with Crippen molar-refractivity contribution in [3.05, 3.63) is 66.2 Å². The van der Waals surface area contributed by atoms with Gasteiger partial charge in [-0.25, -0.2) is 14.4 Å². The normalized spacial score (nSPS) is 20.2. The molecule has 6 rings (SSSR count). The van der Waals surface area contributed by atoms with E-state index in [9.17, 15) is 9.18 Å². The first-order valence-corrected chi connectivity index (χ1v) is 13.7. The largest absolute Gasteiger partial charge is 0.402 e. The molecule has 0 spiro atoms. The Balaban J connectivity index is 1.65. The summed E-state index contributed by atoms with van der Waals surface area (Å²) in [5, 5.41) is 0.993. The Morgan fingerprint density at radius 1 is 0.900 bits per heavy atom. The third-order valence-corrected chi connectivity index (χ3v) is 9.43. The molecule has 40 heavy (non-hydrogen) atoms. The second-order valence-electron chi connectivity index (χ2n) is 12.9. The van der Waals surface area contributed by atoms with Crippen molar-refractivity contribution in [1.29, 1.82) is 0 Å². The van der Waals surface area contributed by atoms with Crippen molar-refractivity contribution >= 4 is 85.8 Å².